The number of amides is 2. The number of hydrogen-bond acceptors (Lipinski definition) is 4. The van der Waals surface area contributed by atoms with Crippen LogP contribution >= 0.6 is 0 Å². The fourth-order valence-corrected chi connectivity index (χ4v) is 3.31. The molecule has 7 nitrogen and oxygen atoms in total. The average Bonchev–Trinajstić information content (AvgIpc) is 3.08. The molecule has 1 aliphatic rings. The summed E-state index contributed by atoms with van der Waals surface area (Å²) in [5.74, 6) is -1.64. The van der Waals surface area contributed by atoms with Crippen LogP contribution in [0.4, 0.5) is 10.1 Å². The first kappa shape index (κ1) is 17.1. The van der Waals surface area contributed by atoms with Gasteiger partial charge in [-0.15, -0.1) is 5.10 Å². The largest absolute Gasteiger partial charge is 0.355 e. The molecule has 2 heterocycles. The molecule has 4 rings (SSSR count). The zero-order valence-corrected chi connectivity index (χ0v) is 14.5. The minimum Gasteiger partial charge on any atom is -0.355 e. The Kier molecular flexibility index (Phi) is 4.53. The van der Waals surface area contributed by atoms with Gasteiger partial charge in [0.05, 0.1) is 11.4 Å². The second-order valence-electron chi connectivity index (χ2n) is 6.48. The maximum absolute atomic E-state index is 13.6. The van der Waals surface area contributed by atoms with Crippen molar-refractivity contribution in [2.45, 2.75) is 25.3 Å². The molecule has 0 radical (unpaired) electrons. The van der Waals surface area contributed by atoms with Gasteiger partial charge < -0.3 is 10.6 Å². The summed E-state index contributed by atoms with van der Waals surface area (Å²) < 4.78 is 15.4. The molecule has 1 aromatic heterocycles. The number of rotatable bonds is 5. The first-order valence-corrected chi connectivity index (χ1v) is 8.77. The molecule has 3 aromatic rings. The molecule has 1 aliphatic heterocycles. The topological polar surface area (TPSA) is 88.9 Å². The molecule has 0 saturated carbocycles. The van der Waals surface area contributed by atoms with E-state index >= 15 is 0 Å². The van der Waals surface area contributed by atoms with Crippen LogP contribution in [0.1, 0.15) is 24.3 Å². The second kappa shape index (κ2) is 7.14. The Hall–Kier alpha value is -3.29. The van der Waals surface area contributed by atoms with Gasteiger partial charge in [0.15, 0.2) is 0 Å². The summed E-state index contributed by atoms with van der Waals surface area (Å²) in [6, 6.07) is 11.7. The van der Waals surface area contributed by atoms with E-state index in [1.807, 2.05) is 24.3 Å². The van der Waals surface area contributed by atoms with Gasteiger partial charge in [-0.1, -0.05) is 17.3 Å². The van der Waals surface area contributed by atoms with Crippen molar-refractivity contribution in [3.05, 3.63) is 53.8 Å². The number of carbonyl (C=O) groups excluding carboxylic acids is 2. The van der Waals surface area contributed by atoms with E-state index in [2.05, 4.69) is 20.9 Å². The van der Waals surface area contributed by atoms with Gasteiger partial charge in [-0.05, 0) is 42.3 Å². The van der Waals surface area contributed by atoms with Crippen LogP contribution in [0.5, 0.6) is 0 Å². The van der Waals surface area contributed by atoms with Gasteiger partial charge in [0, 0.05) is 25.2 Å². The first-order valence-electron chi connectivity index (χ1n) is 8.77. The summed E-state index contributed by atoms with van der Waals surface area (Å²) in [6.07, 6.45) is 0.671. The molecule has 0 bridgehead atoms. The number of aromatic nitrogens is 3. The molecule has 2 aromatic carbocycles. The highest BCUT2D eigenvalue weighted by atomic mass is 19.1. The predicted molar refractivity (Wildman–Crippen MR) is 97.5 cm³/mol. The number of hydrogen-bond donors (Lipinski definition) is 2. The molecule has 8 heteroatoms. The number of para-hydroxylation sites is 1. The summed E-state index contributed by atoms with van der Waals surface area (Å²) in [5.41, 5.74) is 2.77. The van der Waals surface area contributed by atoms with E-state index in [0.717, 1.165) is 11.0 Å². The fraction of sp³-hybridized carbons (Fsp3) is 0.263. The Morgan fingerprint density at radius 2 is 2.15 bits per heavy atom. The molecule has 0 fully saturated rings. The van der Waals surface area contributed by atoms with Crippen molar-refractivity contribution >= 4 is 28.5 Å². The highest BCUT2D eigenvalue weighted by Gasteiger charge is 2.30. The third kappa shape index (κ3) is 3.51. The van der Waals surface area contributed by atoms with Crippen LogP contribution in [-0.2, 0) is 16.1 Å². The lowest BCUT2D eigenvalue weighted by Gasteiger charge is -2.24. The van der Waals surface area contributed by atoms with Crippen molar-refractivity contribution in [1.29, 1.82) is 0 Å². The van der Waals surface area contributed by atoms with Crippen molar-refractivity contribution in [1.82, 2.24) is 20.3 Å². The SMILES string of the molecule is O=C1C[C@@H](C(=O)NCCCn2nnc3ccccc32)c2cc(F)ccc2N1. The fourth-order valence-electron chi connectivity index (χ4n) is 3.31. The second-order valence-corrected chi connectivity index (χ2v) is 6.48. The lowest BCUT2D eigenvalue weighted by atomic mass is 9.89. The number of nitrogens with zero attached hydrogens (tertiary/aromatic N) is 3. The van der Waals surface area contributed by atoms with E-state index in [-0.39, 0.29) is 18.2 Å². The van der Waals surface area contributed by atoms with Crippen molar-refractivity contribution in [2.24, 2.45) is 0 Å². The Balaban J connectivity index is 1.37. The zero-order chi connectivity index (χ0) is 18.8. The van der Waals surface area contributed by atoms with Crippen LogP contribution in [0.2, 0.25) is 0 Å². The molecule has 2 amide bonds. The molecule has 0 aliphatic carbocycles. The number of carbonyl (C=O) groups is 2. The van der Waals surface area contributed by atoms with E-state index < -0.39 is 11.7 Å². The van der Waals surface area contributed by atoms with Crippen molar-refractivity contribution in [2.75, 3.05) is 11.9 Å². The zero-order valence-electron chi connectivity index (χ0n) is 14.5. The standard InChI is InChI=1S/C19H18FN5O2/c20-12-6-7-15-13(10-12)14(11-18(26)22-15)19(27)21-8-3-9-25-17-5-2-1-4-16(17)23-24-25/h1-2,4-7,10,14H,3,8-9,11H2,(H,21,27)(H,22,26)/t14-/m1/s1. The van der Waals surface area contributed by atoms with Gasteiger partial charge in [0.1, 0.15) is 11.3 Å². The minimum absolute atomic E-state index is 0.00992. The molecule has 0 unspecified atom stereocenters. The third-order valence-electron chi connectivity index (χ3n) is 4.64. The van der Waals surface area contributed by atoms with Gasteiger partial charge in [-0.25, -0.2) is 9.07 Å². The van der Waals surface area contributed by atoms with Crippen molar-refractivity contribution < 1.29 is 14.0 Å². The Bertz CT molecular complexity index is 1020. The van der Waals surface area contributed by atoms with Crippen molar-refractivity contribution in [3.8, 4) is 0 Å². The Morgan fingerprint density at radius 3 is 3.04 bits per heavy atom. The average molecular weight is 367 g/mol. The summed E-state index contributed by atoms with van der Waals surface area (Å²) in [4.78, 5) is 24.4. The van der Waals surface area contributed by atoms with Gasteiger partial charge in [0.25, 0.3) is 0 Å². The molecule has 138 valence electrons. The lowest BCUT2D eigenvalue weighted by Crippen LogP contribution is -2.35. The van der Waals surface area contributed by atoms with E-state index in [9.17, 15) is 14.0 Å². The van der Waals surface area contributed by atoms with Gasteiger partial charge >= 0.3 is 0 Å². The molecular weight excluding hydrogens is 349 g/mol. The molecule has 27 heavy (non-hydrogen) atoms. The Morgan fingerprint density at radius 1 is 1.30 bits per heavy atom. The van der Waals surface area contributed by atoms with Crippen LogP contribution < -0.4 is 10.6 Å². The first-order chi connectivity index (χ1) is 13.1. The van der Waals surface area contributed by atoms with E-state index in [1.54, 1.807) is 4.68 Å². The van der Waals surface area contributed by atoms with Crippen LogP contribution in [-0.4, -0.2) is 33.4 Å². The summed E-state index contributed by atoms with van der Waals surface area (Å²) in [7, 11) is 0. The quantitative estimate of drug-likeness (QED) is 0.677. The molecule has 0 saturated heterocycles. The number of aryl methyl sites for hydroxylation is 1. The van der Waals surface area contributed by atoms with Crippen LogP contribution in [0, 0.1) is 5.82 Å². The monoisotopic (exact) mass is 367 g/mol. The summed E-state index contributed by atoms with van der Waals surface area (Å²) in [6.45, 7) is 1.03. The number of halogens is 1. The maximum Gasteiger partial charge on any atom is 0.228 e. The normalized spacial score (nSPS) is 16.0. The lowest BCUT2D eigenvalue weighted by molar-refractivity contribution is -0.126. The van der Waals surface area contributed by atoms with Crippen LogP contribution in [0.25, 0.3) is 11.0 Å². The van der Waals surface area contributed by atoms with Gasteiger partial charge in [0.2, 0.25) is 11.8 Å². The molecule has 0 spiro atoms. The van der Waals surface area contributed by atoms with E-state index in [1.165, 1.54) is 18.2 Å². The van der Waals surface area contributed by atoms with Crippen molar-refractivity contribution in [3.63, 3.8) is 0 Å². The minimum atomic E-state index is -0.684. The maximum atomic E-state index is 13.6. The van der Waals surface area contributed by atoms with Crippen LogP contribution in [0.15, 0.2) is 42.5 Å². The van der Waals surface area contributed by atoms with Crippen LogP contribution in [0.3, 0.4) is 0 Å². The summed E-state index contributed by atoms with van der Waals surface area (Å²) >= 11 is 0. The smallest absolute Gasteiger partial charge is 0.228 e. The highest BCUT2D eigenvalue weighted by molar-refractivity contribution is 6.01. The molecule has 1 atom stereocenters. The molecular formula is C19H18FN5O2. The Labute approximate surface area is 154 Å². The number of anilines is 1. The number of nitrogens with one attached hydrogen (secondary N) is 2. The highest BCUT2D eigenvalue weighted by Crippen LogP contribution is 2.32. The van der Waals surface area contributed by atoms with Gasteiger partial charge in [-0.3, -0.25) is 9.59 Å². The predicted octanol–water partition coefficient (Wildman–Crippen LogP) is 2.20. The molecule has 2 N–H and O–H groups in total. The number of benzene rings is 2. The van der Waals surface area contributed by atoms with Gasteiger partial charge in [-0.2, -0.15) is 0 Å². The summed E-state index contributed by atoms with van der Waals surface area (Å²) in [5, 5.41) is 13.7. The van der Waals surface area contributed by atoms with E-state index in [0.29, 0.717) is 30.8 Å². The third-order valence-corrected chi connectivity index (χ3v) is 4.64. The number of fused-ring (bicyclic) bond motifs is 2. The van der Waals surface area contributed by atoms with E-state index in [4.69, 9.17) is 0 Å².